The predicted molar refractivity (Wildman–Crippen MR) is 73.9 cm³/mol. The molecule has 1 aromatic rings. The summed E-state index contributed by atoms with van der Waals surface area (Å²) in [6.45, 7) is 2.65. The lowest BCUT2D eigenvalue weighted by molar-refractivity contribution is -0.120. The molecule has 4 heteroatoms. The van der Waals surface area contributed by atoms with E-state index >= 15 is 0 Å². The van der Waals surface area contributed by atoms with E-state index in [1.165, 1.54) is 5.56 Å². The zero-order valence-corrected chi connectivity index (χ0v) is 10.8. The molecule has 0 heterocycles. The van der Waals surface area contributed by atoms with Gasteiger partial charge in [0.25, 0.3) is 0 Å². The maximum Gasteiger partial charge on any atom is 0.224 e. The molecule has 0 spiro atoms. The van der Waals surface area contributed by atoms with Crippen LogP contribution in [0.1, 0.15) is 24.0 Å². The van der Waals surface area contributed by atoms with Gasteiger partial charge in [-0.15, -0.1) is 0 Å². The quantitative estimate of drug-likeness (QED) is 0.597. The smallest absolute Gasteiger partial charge is 0.224 e. The number of nitrogens with two attached hydrogens (primary N) is 1. The number of carbonyl (C=O) groups excluding carboxylic acids is 1. The van der Waals surface area contributed by atoms with Crippen molar-refractivity contribution in [3.05, 3.63) is 35.4 Å². The van der Waals surface area contributed by atoms with Crippen LogP contribution in [0.5, 0.6) is 0 Å². The number of rotatable bonds is 6. The van der Waals surface area contributed by atoms with Crippen LogP contribution in [0.4, 0.5) is 0 Å². The Morgan fingerprint density at radius 2 is 2.00 bits per heavy atom. The molecule has 0 saturated heterocycles. The molecule has 0 atom stereocenters. The summed E-state index contributed by atoms with van der Waals surface area (Å²) in [5, 5.41) is 2.85. The van der Waals surface area contributed by atoms with Crippen molar-refractivity contribution in [3.8, 4) is 0 Å². The third-order valence-electron chi connectivity index (χ3n) is 2.41. The van der Waals surface area contributed by atoms with Gasteiger partial charge in [0.15, 0.2) is 0 Å². The molecule has 0 fully saturated rings. The standard InChI is InChI=1S/C13H18N2OS/c1-10-4-6-11(7-5-10)9-13(16)15-8-2-3-12(14)17/h4-7H,2-3,8-9H2,1H3,(H2,14,17)(H,15,16). The predicted octanol–water partition coefficient (Wildman–Crippen LogP) is 1.72. The Morgan fingerprint density at radius 1 is 1.35 bits per heavy atom. The van der Waals surface area contributed by atoms with Gasteiger partial charge >= 0.3 is 0 Å². The van der Waals surface area contributed by atoms with E-state index < -0.39 is 0 Å². The molecule has 1 aromatic carbocycles. The highest BCUT2D eigenvalue weighted by Gasteiger charge is 2.02. The van der Waals surface area contributed by atoms with Crippen LogP contribution in [0.25, 0.3) is 0 Å². The molecule has 0 aliphatic rings. The van der Waals surface area contributed by atoms with Gasteiger partial charge in [-0.1, -0.05) is 42.0 Å². The highest BCUT2D eigenvalue weighted by atomic mass is 32.1. The first-order valence-corrected chi connectivity index (χ1v) is 6.09. The van der Waals surface area contributed by atoms with Crippen molar-refractivity contribution < 1.29 is 4.79 Å². The van der Waals surface area contributed by atoms with Crippen LogP contribution in [0, 0.1) is 6.92 Å². The van der Waals surface area contributed by atoms with Crippen LogP contribution in [-0.4, -0.2) is 17.4 Å². The van der Waals surface area contributed by atoms with Crippen molar-refractivity contribution in [2.45, 2.75) is 26.2 Å². The van der Waals surface area contributed by atoms with Crippen molar-refractivity contribution >= 4 is 23.1 Å². The van der Waals surface area contributed by atoms with E-state index in [2.05, 4.69) is 5.32 Å². The minimum atomic E-state index is 0.0387. The van der Waals surface area contributed by atoms with Gasteiger partial charge in [0.05, 0.1) is 11.4 Å². The van der Waals surface area contributed by atoms with Crippen LogP contribution in [-0.2, 0) is 11.2 Å². The molecule has 0 unspecified atom stereocenters. The molecule has 0 aliphatic carbocycles. The topological polar surface area (TPSA) is 55.1 Å². The monoisotopic (exact) mass is 250 g/mol. The summed E-state index contributed by atoms with van der Waals surface area (Å²) in [6, 6.07) is 7.97. The van der Waals surface area contributed by atoms with E-state index in [4.69, 9.17) is 18.0 Å². The molecule has 92 valence electrons. The molecule has 1 rings (SSSR count). The molecular weight excluding hydrogens is 232 g/mol. The number of benzene rings is 1. The summed E-state index contributed by atoms with van der Waals surface area (Å²) in [5.41, 5.74) is 7.60. The fourth-order valence-corrected chi connectivity index (χ4v) is 1.59. The van der Waals surface area contributed by atoms with Crippen molar-refractivity contribution in [2.75, 3.05) is 6.54 Å². The van der Waals surface area contributed by atoms with E-state index in [-0.39, 0.29) is 5.91 Å². The number of thiocarbonyl (C=S) groups is 1. The first-order chi connectivity index (χ1) is 8.08. The van der Waals surface area contributed by atoms with Gasteiger partial charge in [-0.05, 0) is 25.3 Å². The second kappa shape index (κ2) is 7.01. The molecule has 0 bridgehead atoms. The van der Waals surface area contributed by atoms with Crippen LogP contribution in [0.15, 0.2) is 24.3 Å². The first-order valence-electron chi connectivity index (χ1n) is 5.68. The molecule has 1 amide bonds. The second-order valence-electron chi connectivity index (χ2n) is 4.08. The fraction of sp³-hybridized carbons (Fsp3) is 0.385. The molecule has 0 aromatic heterocycles. The molecular formula is C13H18N2OS. The normalized spacial score (nSPS) is 9.94. The lowest BCUT2D eigenvalue weighted by Crippen LogP contribution is -2.26. The van der Waals surface area contributed by atoms with Gasteiger partial charge in [0, 0.05) is 6.54 Å². The Kier molecular flexibility index (Phi) is 5.63. The summed E-state index contributed by atoms with van der Waals surface area (Å²) in [7, 11) is 0. The maximum absolute atomic E-state index is 11.6. The van der Waals surface area contributed by atoms with Gasteiger partial charge in [-0.25, -0.2) is 0 Å². The number of hydrogen-bond donors (Lipinski definition) is 2. The third kappa shape index (κ3) is 6.02. The average molecular weight is 250 g/mol. The minimum Gasteiger partial charge on any atom is -0.393 e. The van der Waals surface area contributed by atoms with Gasteiger partial charge in [0.2, 0.25) is 5.91 Å². The first kappa shape index (κ1) is 13.6. The Labute approximate surface area is 107 Å². The van der Waals surface area contributed by atoms with Crippen molar-refractivity contribution in [2.24, 2.45) is 5.73 Å². The SMILES string of the molecule is Cc1ccc(CC(=O)NCCCC(N)=S)cc1. The van der Waals surface area contributed by atoms with Crippen LogP contribution in [0.2, 0.25) is 0 Å². The number of amides is 1. The van der Waals surface area contributed by atoms with E-state index in [0.29, 0.717) is 24.4 Å². The Balaban J connectivity index is 2.25. The number of aryl methyl sites for hydroxylation is 1. The van der Waals surface area contributed by atoms with Crippen molar-refractivity contribution in [1.29, 1.82) is 0 Å². The Hall–Kier alpha value is -1.42. The maximum atomic E-state index is 11.6. The number of nitrogens with one attached hydrogen (secondary N) is 1. The largest absolute Gasteiger partial charge is 0.393 e. The van der Waals surface area contributed by atoms with Gasteiger partial charge in [-0.2, -0.15) is 0 Å². The molecule has 3 nitrogen and oxygen atoms in total. The van der Waals surface area contributed by atoms with E-state index in [1.807, 2.05) is 31.2 Å². The molecule has 17 heavy (non-hydrogen) atoms. The third-order valence-corrected chi connectivity index (χ3v) is 2.61. The summed E-state index contributed by atoms with van der Waals surface area (Å²) in [4.78, 5) is 12.1. The highest BCUT2D eigenvalue weighted by molar-refractivity contribution is 7.80. The molecule has 3 N–H and O–H groups in total. The van der Waals surface area contributed by atoms with Crippen molar-refractivity contribution in [3.63, 3.8) is 0 Å². The molecule has 0 aliphatic heterocycles. The second-order valence-corrected chi connectivity index (χ2v) is 4.61. The van der Waals surface area contributed by atoms with Crippen LogP contribution in [0.3, 0.4) is 0 Å². The minimum absolute atomic E-state index is 0.0387. The average Bonchev–Trinajstić information content (AvgIpc) is 2.27. The Bertz CT molecular complexity index is 387. The zero-order chi connectivity index (χ0) is 12.7. The lowest BCUT2D eigenvalue weighted by Gasteiger charge is -2.05. The molecule has 0 radical (unpaired) electrons. The summed E-state index contributed by atoms with van der Waals surface area (Å²) in [6.07, 6.45) is 1.91. The van der Waals surface area contributed by atoms with Gasteiger partial charge in [0.1, 0.15) is 0 Å². The van der Waals surface area contributed by atoms with Gasteiger partial charge < -0.3 is 11.1 Å². The van der Waals surface area contributed by atoms with Crippen molar-refractivity contribution in [1.82, 2.24) is 5.32 Å². The summed E-state index contributed by atoms with van der Waals surface area (Å²) in [5.74, 6) is 0.0387. The van der Waals surface area contributed by atoms with Gasteiger partial charge in [-0.3, -0.25) is 4.79 Å². The van der Waals surface area contributed by atoms with Crippen LogP contribution >= 0.6 is 12.2 Å². The number of carbonyl (C=O) groups is 1. The highest BCUT2D eigenvalue weighted by Crippen LogP contribution is 2.03. The number of hydrogen-bond acceptors (Lipinski definition) is 2. The zero-order valence-electron chi connectivity index (χ0n) is 10.0. The fourth-order valence-electron chi connectivity index (χ4n) is 1.44. The summed E-state index contributed by atoms with van der Waals surface area (Å²) < 4.78 is 0. The lowest BCUT2D eigenvalue weighted by atomic mass is 10.1. The van der Waals surface area contributed by atoms with E-state index in [9.17, 15) is 4.79 Å². The molecule has 0 saturated carbocycles. The van der Waals surface area contributed by atoms with E-state index in [1.54, 1.807) is 0 Å². The Morgan fingerprint density at radius 3 is 2.59 bits per heavy atom. The van der Waals surface area contributed by atoms with Crippen LogP contribution < -0.4 is 11.1 Å². The summed E-state index contributed by atoms with van der Waals surface area (Å²) >= 11 is 4.76. The van der Waals surface area contributed by atoms with E-state index in [0.717, 1.165) is 12.0 Å².